The van der Waals surface area contributed by atoms with Crippen molar-refractivity contribution in [2.75, 3.05) is 0 Å². The second-order valence-corrected chi connectivity index (χ2v) is 3.11. The van der Waals surface area contributed by atoms with E-state index in [1.54, 1.807) is 13.8 Å². The number of hydrogen-bond acceptors (Lipinski definition) is 2. The molecular formula is C10H14O4. The van der Waals surface area contributed by atoms with Gasteiger partial charge in [-0.1, -0.05) is 0 Å². The Hall–Kier alpha value is -1.58. The van der Waals surface area contributed by atoms with Crippen molar-refractivity contribution in [3.8, 4) is 0 Å². The molecule has 0 saturated carbocycles. The summed E-state index contributed by atoms with van der Waals surface area (Å²) in [6, 6.07) is 0. The van der Waals surface area contributed by atoms with E-state index in [0.717, 1.165) is 0 Å². The van der Waals surface area contributed by atoms with Crippen LogP contribution in [0.5, 0.6) is 0 Å². The predicted octanol–water partition coefficient (Wildman–Crippen LogP) is 1.83. The van der Waals surface area contributed by atoms with Crippen LogP contribution in [-0.4, -0.2) is 22.2 Å². The van der Waals surface area contributed by atoms with E-state index in [9.17, 15) is 9.59 Å². The smallest absolute Gasteiger partial charge is 0.331 e. The molecule has 14 heavy (non-hydrogen) atoms. The maximum atomic E-state index is 10.6. The van der Waals surface area contributed by atoms with Crippen LogP contribution >= 0.6 is 0 Å². The molecule has 0 heterocycles. The largest absolute Gasteiger partial charge is 0.478 e. The van der Waals surface area contributed by atoms with Crippen molar-refractivity contribution in [3.05, 3.63) is 22.3 Å². The van der Waals surface area contributed by atoms with E-state index in [4.69, 9.17) is 10.2 Å². The molecule has 2 N–H and O–H groups in total. The van der Waals surface area contributed by atoms with Gasteiger partial charge < -0.3 is 10.2 Å². The molecule has 0 atom stereocenters. The molecule has 0 unspecified atom stereocenters. The Labute approximate surface area is 82.6 Å². The average molecular weight is 198 g/mol. The summed E-state index contributed by atoms with van der Waals surface area (Å²) in [4.78, 5) is 21.2. The third-order valence-electron chi connectivity index (χ3n) is 2.33. The molecule has 0 aromatic rings. The summed E-state index contributed by atoms with van der Waals surface area (Å²) in [5, 5.41) is 17.4. The van der Waals surface area contributed by atoms with Crippen LogP contribution in [0.3, 0.4) is 0 Å². The number of rotatable bonds is 3. The lowest BCUT2D eigenvalue weighted by molar-refractivity contribution is -0.133. The first-order valence-electron chi connectivity index (χ1n) is 4.11. The lowest BCUT2D eigenvalue weighted by Gasteiger charge is -2.06. The lowest BCUT2D eigenvalue weighted by Crippen LogP contribution is -2.04. The fourth-order valence-corrected chi connectivity index (χ4v) is 0.883. The van der Waals surface area contributed by atoms with Crippen LogP contribution in [0.25, 0.3) is 0 Å². The van der Waals surface area contributed by atoms with E-state index < -0.39 is 11.9 Å². The van der Waals surface area contributed by atoms with E-state index >= 15 is 0 Å². The Morgan fingerprint density at radius 3 is 1.00 bits per heavy atom. The highest BCUT2D eigenvalue weighted by Crippen LogP contribution is 2.17. The fourth-order valence-electron chi connectivity index (χ4n) is 0.883. The van der Waals surface area contributed by atoms with E-state index in [0.29, 0.717) is 11.1 Å². The molecule has 0 rings (SSSR count). The quantitative estimate of drug-likeness (QED) is 0.536. The molecule has 0 spiro atoms. The van der Waals surface area contributed by atoms with Crippen LogP contribution in [0.15, 0.2) is 22.3 Å². The Bertz CT molecular complexity index is 300. The summed E-state index contributed by atoms with van der Waals surface area (Å²) in [6.07, 6.45) is 0. The van der Waals surface area contributed by atoms with E-state index in [1.165, 1.54) is 13.8 Å². The van der Waals surface area contributed by atoms with Gasteiger partial charge in [0.15, 0.2) is 0 Å². The summed E-state index contributed by atoms with van der Waals surface area (Å²) in [7, 11) is 0. The van der Waals surface area contributed by atoms with Crippen LogP contribution in [0.4, 0.5) is 0 Å². The first kappa shape index (κ1) is 12.4. The molecule has 0 fully saturated rings. The summed E-state index contributed by atoms with van der Waals surface area (Å²) in [5.41, 5.74) is 1.33. The second-order valence-electron chi connectivity index (χ2n) is 3.11. The van der Waals surface area contributed by atoms with Gasteiger partial charge >= 0.3 is 11.9 Å². The van der Waals surface area contributed by atoms with E-state index in [2.05, 4.69) is 0 Å². The minimum Gasteiger partial charge on any atom is -0.478 e. The predicted molar refractivity (Wildman–Crippen MR) is 52.0 cm³/mol. The number of hydrogen-bond donors (Lipinski definition) is 2. The Morgan fingerprint density at radius 1 is 0.643 bits per heavy atom. The van der Waals surface area contributed by atoms with Crippen molar-refractivity contribution in [2.24, 2.45) is 0 Å². The summed E-state index contributed by atoms with van der Waals surface area (Å²) >= 11 is 0. The SMILES string of the molecule is C/C(C(=O)O)=C(C)/C(C)=C(/C)C(=O)O. The highest BCUT2D eigenvalue weighted by molar-refractivity contribution is 5.91. The van der Waals surface area contributed by atoms with Crippen molar-refractivity contribution >= 4 is 11.9 Å². The average Bonchev–Trinajstić information content (AvgIpc) is 2.12. The van der Waals surface area contributed by atoms with Gasteiger partial charge in [0.05, 0.1) is 0 Å². The molecular weight excluding hydrogens is 184 g/mol. The van der Waals surface area contributed by atoms with Gasteiger partial charge in [-0.15, -0.1) is 0 Å². The second kappa shape index (κ2) is 4.60. The third kappa shape index (κ3) is 2.73. The van der Waals surface area contributed by atoms with Crippen LogP contribution in [0, 0.1) is 0 Å². The number of carbonyl (C=O) groups is 2. The summed E-state index contributed by atoms with van der Waals surface area (Å²) in [5.74, 6) is -2.06. The molecule has 0 amide bonds. The van der Waals surface area contributed by atoms with Crippen molar-refractivity contribution < 1.29 is 19.8 Å². The number of allylic oxidation sites excluding steroid dienone is 2. The van der Waals surface area contributed by atoms with Gasteiger partial charge in [0, 0.05) is 11.1 Å². The van der Waals surface area contributed by atoms with Gasteiger partial charge in [0.2, 0.25) is 0 Å². The van der Waals surface area contributed by atoms with E-state index in [-0.39, 0.29) is 11.1 Å². The highest BCUT2D eigenvalue weighted by atomic mass is 16.4. The zero-order valence-electron chi connectivity index (χ0n) is 8.71. The normalized spacial score (nSPS) is 14.3. The maximum absolute atomic E-state index is 10.6. The van der Waals surface area contributed by atoms with Crippen molar-refractivity contribution in [3.63, 3.8) is 0 Å². The van der Waals surface area contributed by atoms with Crippen LogP contribution in [0.2, 0.25) is 0 Å². The van der Waals surface area contributed by atoms with Gasteiger partial charge in [0.25, 0.3) is 0 Å². The molecule has 4 heteroatoms. The fraction of sp³-hybridized carbons (Fsp3) is 0.400. The van der Waals surface area contributed by atoms with Gasteiger partial charge in [0.1, 0.15) is 0 Å². The molecule has 0 radical (unpaired) electrons. The van der Waals surface area contributed by atoms with Gasteiger partial charge in [-0.25, -0.2) is 9.59 Å². The molecule has 0 aromatic heterocycles. The van der Waals surface area contributed by atoms with Gasteiger partial charge in [-0.2, -0.15) is 0 Å². The molecule has 4 nitrogen and oxygen atoms in total. The molecule has 0 aliphatic carbocycles. The number of carboxylic acid groups (broad SMARTS) is 2. The highest BCUT2D eigenvalue weighted by Gasteiger charge is 2.11. The van der Waals surface area contributed by atoms with Gasteiger partial charge in [-0.05, 0) is 38.8 Å². The zero-order valence-corrected chi connectivity index (χ0v) is 8.71. The van der Waals surface area contributed by atoms with Crippen LogP contribution in [0.1, 0.15) is 27.7 Å². The standard InChI is InChI=1S/C10H14O4/c1-5(7(3)9(11)12)6(2)8(4)10(13)14/h1-4H3,(H,11,12)(H,13,14)/b7-5-,8-6-. The zero-order chi connectivity index (χ0) is 11.5. The Morgan fingerprint density at radius 2 is 0.857 bits per heavy atom. The number of aliphatic carboxylic acids is 2. The van der Waals surface area contributed by atoms with Crippen LogP contribution in [-0.2, 0) is 9.59 Å². The maximum Gasteiger partial charge on any atom is 0.331 e. The summed E-state index contributed by atoms with van der Waals surface area (Å²) in [6.45, 7) is 6.11. The molecule has 0 bridgehead atoms. The molecule has 0 aliphatic rings. The Kier molecular flexibility index (Phi) is 4.08. The van der Waals surface area contributed by atoms with Crippen molar-refractivity contribution in [1.82, 2.24) is 0 Å². The molecule has 0 saturated heterocycles. The summed E-state index contributed by atoms with van der Waals surface area (Å²) < 4.78 is 0. The van der Waals surface area contributed by atoms with Crippen molar-refractivity contribution in [1.29, 1.82) is 0 Å². The number of carboxylic acids is 2. The minimum atomic E-state index is -1.03. The third-order valence-corrected chi connectivity index (χ3v) is 2.33. The molecule has 78 valence electrons. The topological polar surface area (TPSA) is 74.6 Å². The monoisotopic (exact) mass is 198 g/mol. The Balaban J connectivity index is 5.35. The molecule has 0 aromatic carbocycles. The first-order chi connectivity index (χ1) is 6.29. The lowest BCUT2D eigenvalue weighted by atomic mass is 9.99. The minimum absolute atomic E-state index is 0.170. The van der Waals surface area contributed by atoms with Crippen molar-refractivity contribution in [2.45, 2.75) is 27.7 Å². The molecule has 0 aliphatic heterocycles. The first-order valence-corrected chi connectivity index (χ1v) is 4.11. The van der Waals surface area contributed by atoms with Gasteiger partial charge in [-0.3, -0.25) is 0 Å². The van der Waals surface area contributed by atoms with E-state index in [1.807, 2.05) is 0 Å². The van der Waals surface area contributed by atoms with Crippen LogP contribution < -0.4 is 0 Å².